The minimum atomic E-state index is -0.423. The number of carbonyl (C=O) groups is 1. The number of esters is 1. The predicted octanol–water partition coefficient (Wildman–Crippen LogP) is 2.77. The Morgan fingerprint density at radius 2 is 2.12 bits per heavy atom. The molecule has 0 radical (unpaired) electrons. The Hall–Kier alpha value is -1.88. The van der Waals surface area contributed by atoms with E-state index < -0.39 is 5.97 Å². The van der Waals surface area contributed by atoms with Crippen molar-refractivity contribution < 1.29 is 14.6 Å². The van der Waals surface area contributed by atoms with E-state index in [0.717, 1.165) is 5.01 Å². The number of phenolic OH excluding ortho intramolecular Hbond substituents is 1. The average Bonchev–Trinajstić information content (AvgIpc) is 2.83. The van der Waals surface area contributed by atoms with E-state index in [2.05, 4.69) is 4.98 Å². The number of phenols is 1. The van der Waals surface area contributed by atoms with Crippen molar-refractivity contribution in [3.05, 3.63) is 46.4 Å². The molecule has 2 rings (SSSR count). The summed E-state index contributed by atoms with van der Waals surface area (Å²) in [7, 11) is 0. The van der Waals surface area contributed by atoms with Crippen molar-refractivity contribution in [1.82, 2.24) is 4.98 Å². The fraction of sp³-hybridized carbons (Fsp3) is 0.167. The van der Waals surface area contributed by atoms with Crippen LogP contribution in [0.3, 0.4) is 0 Å². The molecule has 0 aliphatic carbocycles. The molecule has 0 spiro atoms. The van der Waals surface area contributed by atoms with Crippen LogP contribution in [0.25, 0.3) is 0 Å². The Balaban J connectivity index is 2.04. The van der Waals surface area contributed by atoms with E-state index in [9.17, 15) is 4.79 Å². The number of ether oxygens (including phenoxy) is 1. The van der Waals surface area contributed by atoms with Crippen LogP contribution in [0.2, 0.25) is 0 Å². The molecule has 88 valence electrons. The van der Waals surface area contributed by atoms with Gasteiger partial charge in [-0.1, -0.05) is 0 Å². The van der Waals surface area contributed by atoms with Gasteiger partial charge in [-0.05, 0) is 31.2 Å². The van der Waals surface area contributed by atoms with Gasteiger partial charge in [0.2, 0.25) is 0 Å². The topological polar surface area (TPSA) is 59.4 Å². The molecular weight excluding hydrogens is 238 g/mol. The molecule has 1 heterocycles. The monoisotopic (exact) mass is 249 g/mol. The normalized spacial score (nSPS) is 12.1. The van der Waals surface area contributed by atoms with Crippen molar-refractivity contribution in [3.63, 3.8) is 0 Å². The van der Waals surface area contributed by atoms with Crippen LogP contribution in [0.15, 0.2) is 35.8 Å². The van der Waals surface area contributed by atoms with E-state index >= 15 is 0 Å². The molecule has 1 atom stereocenters. The number of hydrogen-bond donors (Lipinski definition) is 1. The molecular formula is C12H11NO3S. The molecule has 0 amide bonds. The summed E-state index contributed by atoms with van der Waals surface area (Å²) in [6.07, 6.45) is 1.31. The van der Waals surface area contributed by atoms with Crippen molar-refractivity contribution in [3.8, 4) is 5.75 Å². The number of hydrogen-bond acceptors (Lipinski definition) is 5. The lowest BCUT2D eigenvalue weighted by molar-refractivity contribution is 0.0337. The van der Waals surface area contributed by atoms with E-state index in [4.69, 9.17) is 9.84 Å². The first-order valence-electron chi connectivity index (χ1n) is 5.06. The molecule has 1 unspecified atom stereocenters. The summed E-state index contributed by atoms with van der Waals surface area (Å²) >= 11 is 1.44. The predicted molar refractivity (Wildman–Crippen MR) is 64.1 cm³/mol. The molecule has 0 aliphatic heterocycles. The third-order valence-electron chi connectivity index (χ3n) is 2.19. The second kappa shape index (κ2) is 4.97. The maximum atomic E-state index is 11.7. The molecule has 5 heteroatoms. The molecule has 0 saturated carbocycles. The standard InChI is InChI=1S/C12H11NO3S/c1-8(11-13-6-7-17-11)16-12(15)9-2-4-10(14)5-3-9/h2-8,14H,1H3. The van der Waals surface area contributed by atoms with Gasteiger partial charge < -0.3 is 9.84 Å². The van der Waals surface area contributed by atoms with Gasteiger partial charge in [0.05, 0.1) is 5.56 Å². The lowest BCUT2D eigenvalue weighted by Gasteiger charge is -2.10. The van der Waals surface area contributed by atoms with Crippen LogP contribution in [0.1, 0.15) is 28.4 Å². The highest BCUT2D eigenvalue weighted by Crippen LogP contribution is 2.20. The van der Waals surface area contributed by atoms with Crippen LogP contribution in [-0.2, 0) is 4.74 Å². The third-order valence-corrected chi connectivity index (χ3v) is 3.12. The second-order valence-corrected chi connectivity index (χ2v) is 4.39. The molecule has 0 bridgehead atoms. The quantitative estimate of drug-likeness (QED) is 0.850. The van der Waals surface area contributed by atoms with Gasteiger partial charge in [0, 0.05) is 11.6 Å². The first-order valence-corrected chi connectivity index (χ1v) is 5.94. The molecule has 2 aromatic rings. The van der Waals surface area contributed by atoms with Crippen LogP contribution in [-0.4, -0.2) is 16.1 Å². The summed E-state index contributed by atoms with van der Waals surface area (Å²) in [5.74, 6) is -0.303. The first kappa shape index (κ1) is 11.6. The summed E-state index contributed by atoms with van der Waals surface area (Å²) in [4.78, 5) is 15.8. The second-order valence-electron chi connectivity index (χ2n) is 3.46. The maximum absolute atomic E-state index is 11.7. The molecule has 0 fully saturated rings. The van der Waals surface area contributed by atoms with E-state index in [1.54, 1.807) is 13.1 Å². The molecule has 0 aliphatic rings. The van der Waals surface area contributed by atoms with Gasteiger partial charge in [0.25, 0.3) is 0 Å². The maximum Gasteiger partial charge on any atom is 0.338 e. The number of benzene rings is 1. The van der Waals surface area contributed by atoms with Crippen molar-refractivity contribution in [2.45, 2.75) is 13.0 Å². The molecule has 17 heavy (non-hydrogen) atoms. The fourth-order valence-corrected chi connectivity index (χ4v) is 1.93. The minimum Gasteiger partial charge on any atom is -0.508 e. The van der Waals surface area contributed by atoms with E-state index in [1.165, 1.54) is 35.6 Å². The molecule has 1 N–H and O–H groups in total. The number of carbonyl (C=O) groups excluding carboxylic acids is 1. The Morgan fingerprint density at radius 3 is 2.71 bits per heavy atom. The van der Waals surface area contributed by atoms with Crippen molar-refractivity contribution in [1.29, 1.82) is 0 Å². The van der Waals surface area contributed by atoms with Crippen LogP contribution < -0.4 is 0 Å². The number of aromatic nitrogens is 1. The SMILES string of the molecule is CC(OC(=O)c1ccc(O)cc1)c1nccs1. The van der Waals surface area contributed by atoms with Gasteiger partial charge in [0.1, 0.15) is 10.8 Å². The lowest BCUT2D eigenvalue weighted by Crippen LogP contribution is -2.08. The van der Waals surface area contributed by atoms with Crippen molar-refractivity contribution in [2.75, 3.05) is 0 Å². The van der Waals surface area contributed by atoms with Gasteiger partial charge in [-0.2, -0.15) is 0 Å². The molecule has 4 nitrogen and oxygen atoms in total. The first-order chi connectivity index (χ1) is 8.16. The summed E-state index contributed by atoms with van der Waals surface area (Å²) in [6, 6.07) is 5.94. The minimum absolute atomic E-state index is 0.120. The van der Waals surface area contributed by atoms with E-state index in [-0.39, 0.29) is 11.9 Å². The summed E-state index contributed by atoms with van der Waals surface area (Å²) in [5, 5.41) is 11.7. The highest BCUT2D eigenvalue weighted by molar-refractivity contribution is 7.09. The average molecular weight is 249 g/mol. The molecule has 1 aromatic carbocycles. The molecule has 1 aromatic heterocycles. The number of aromatic hydroxyl groups is 1. The smallest absolute Gasteiger partial charge is 0.338 e. The lowest BCUT2D eigenvalue weighted by atomic mass is 10.2. The van der Waals surface area contributed by atoms with E-state index in [0.29, 0.717) is 5.56 Å². The highest BCUT2D eigenvalue weighted by atomic mass is 32.1. The Morgan fingerprint density at radius 1 is 1.41 bits per heavy atom. The van der Waals surface area contributed by atoms with Crippen LogP contribution in [0, 0.1) is 0 Å². The Kier molecular flexibility index (Phi) is 3.39. The van der Waals surface area contributed by atoms with Crippen LogP contribution in [0.4, 0.5) is 0 Å². The van der Waals surface area contributed by atoms with Gasteiger partial charge in [-0.3, -0.25) is 0 Å². The summed E-state index contributed by atoms with van der Waals surface area (Å²) in [6.45, 7) is 1.77. The van der Waals surface area contributed by atoms with Gasteiger partial charge in [-0.25, -0.2) is 9.78 Å². The zero-order chi connectivity index (χ0) is 12.3. The van der Waals surface area contributed by atoms with Crippen molar-refractivity contribution in [2.24, 2.45) is 0 Å². The van der Waals surface area contributed by atoms with Crippen LogP contribution in [0.5, 0.6) is 5.75 Å². The van der Waals surface area contributed by atoms with Gasteiger partial charge >= 0.3 is 5.97 Å². The molecule has 0 saturated heterocycles. The van der Waals surface area contributed by atoms with E-state index in [1.807, 2.05) is 5.38 Å². The highest BCUT2D eigenvalue weighted by Gasteiger charge is 2.15. The zero-order valence-electron chi connectivity index (χ0n) is 9.16. The Bertz CT molecular complexity index is 493. The number of nitrogens with zero attached hydrogens (tertiary/aromatic N) is 1. The largest absolute Gasteiger partial charge is 0.508 e. The summed E-state index contributed by atoms with van der Waals surface area (Å²) < 4.78 is 5.25. The fourth-order valence-electron chi connectivity index (χ4n) is 1.31. The third kappa shape index (κ3) is 2.82. The number of rotatable bonds is 3. The van der Waals surface area contributed by atoms with Gasteiger partial charge in [-0.15, -0.1) is 11.3 Å². The Labute approximate surface area is 103 Å². The zero-order valence-corrected chi connectivity index (χ0v) is 9.98. The van der Waals surface area contributed by atoms with Crippen LogP contribution >= 0.6 is 11.3 Å². The van der Waals surface area contributed by atoms with Gasteiger partial charge in [0.15, 0.2) is 6.10 Å². The number of thiazole rings is 1. The van der Waals surface area contributed by atoms with Crippen molar-refractivity contribution >= 4 is 17.3 Å². The summed E-state index contributed by atoms with van der Waals surface area (Å²) in [5.41, 5.74) is 0.409.